The van der Waals surface area contributed by atoms with Crippen molar-refractivity contribution in [1.29, 1.82) is 0 Å². The highest BCUT2D eigenvalue weighted by atomic mass is 16.8. The van der Waals surface area contributed by atoms with E-state index in [1.807, 2.05) is 6.08 Å². The van der Waals surface area contributed by atoms with E-state index >= 15 is 0 Å². The van der Waals surface area contributed by atoms with Crippen molar-refractivity contribution in [2.45, 2.75) is 110 Å². The van der Waals surface area contributed by atoms with Crippen LogP contribution >= 0.6 is 0 Å². The van der Waals surface area contributed by atoms with Crippen molar-refractivity contribution in [3.63, 3.8) is 0 Å². The van der Waals surface area contributed by atoms with E-state index in [4.69, 9.17) is 14.2 Å². The van der Waals surface area contributed by atoms with E-state index in [-0.39, 0.29) is 34.2 Å². The average molecular weight is 363 g/mol. The lowest BCUT2D eigenvalue weighted by molar-refractivity contribution is -0.265. The lowest BCUT2D eigenvalue weighted by Gasteiger charge is -2.66. The van der Waals surface area contributed by atoms with E-state index in [0.717, 1.165) is 19.3 Å². The number of rotatable bonds is 1. The van der Waals surface area contributed by atoms with Crippen molar-refractivity contribution in [3.8, 4) is 0 Å². The van der Waals surface area contributed by atoms with Gasteiger partial charge in [-0.15, -0.1) is 6.58 Å². The van der Waals surface area contributed by atoms with Gasteiger partial charge in [-0.05, 0) is 82.5 Å². The maximum Gasteiger partial charge on any atom is 0.163 e. The van der Waals surface area contributed by atoms with Gasteiger partial charge in [0.05, 0.1) is 23.4 Å². The molecule has 0 aromatic heterocycles. The van der Waals surface area contributed by atoms with E-state index < -0.39 is 5.79 Å². The lowest BCUT2D eigenvalue weighted by atomic mass is 9.43. The molecule has 26 heavy (non-hydrogen) atoms. The molecule has 0 amide bonds. The zero-order valence-electron chi connectivity index (χ0n) is 17.9. The Labute approximate surface area is 159 Å². The summed E-state index contributed by atoms with van der Waals surface area (Å²) in [5, 5.41) is 0. The molecule has 2 saturated heterocycles. The fraction of sp³-hybridized carbons (Fsp3) is 0.913. The van der Waals surface area contributed by atoms with Crippen LogP contribution in [0.5, 0.6) is 0 Å². The summed E-state index contributed by atoms with van der Waals surface area (Å²) < 4.78 is 19.6. The molecule has 4 aliphatic rings. The Bertz CT molecular complexity index is 611. The van der Waals surface area contributed by atoms with Crippen LogP contribution < -0.4 is 0 Å². The van der Waals surface area contributed by atoms with Crippen LogP contribution in [0, 0.1) is 22.7 Å². The van der Waals surface area contributed by atoms with E-state index in [0.29, 0.717) is 11.8 Å². The maximum atomic E-state index is 6.76. The zero-order valence-corrected chi connectivity index (χ0v) is 17.9. The Morgan fingerprint density at radius 2 is 1.54 bits per heavy atom. The normalized spacial score (nSPS) is 54.7. The third-order valence-electron chi connectivity index (χ3n) is 8.54. The van der Waals surface area contributed by atoms with Crippen LogP contribution in [0.4, 0.5) is 0 Å². The summed E-state index contributed by atoms with van der Waals surface area (Å²) in [7, 11) is 0. The molecule has 4 fully saturated rings. The van der Waals surface area contributed by atoms with Crippen LogP contribution in [0.3, 0.4) is 0 Å². The first-order valence-corrected chi connectivity index (χ1v) is 10.5. The van der Waals surface area contributed by atoms with Crippen LogP contribution in [0.1, 0.15) is 80.6 Å². The van der Waals surface area contributed by atoms with Gasteiger partial charge in [0.15, 0.2) is 5.79 Å². The van der Waals surface area contributed by atoms with E-state index in [1.54, 1.807) is 0 Å². The summed E-state index contributed by atoms with van der Waals surface area (Å²) in [5.41, 5.74) is 0.0936. The van der Waals surface area contributed by atoms with E-state index in [1.165, 1.54) is 12.8 Å². The first-order valence-electron chi connectivity index (χ1n) is 10.5. The largest absolute Gasteiger partial charge is 0.365 e. The Morgan fingerprint density at radius 1 is 0.885 bits per heavy atom. The number of hydrogen-bond acceptors (Lipinski definition) is 3. The van der Waals surface area contributed by atoms with Crippen LogP contribution in [-0.2, 0) is 14.2 Å². The average Bonchev–Trinajstić information content (AvgIpc) is 2.80. The van der Waals surface area contributed by atoms with Gasteiger partial charge in [-0.25, -0.2) is 0 Å². The summed E-state index contributed by atoms with van der Waals surface area (Å²) in [6.07, 6.45) is 8.10. The molecular weight excluding hydrogens is 324 g/mol. The molecular formula is C23H38O3. The summed E-state index contributed by atoms with van der Waals surface area (Å²) in [5.74, 6) is 0.738. The van der Waals surface area contributed by atoms with Crippen LogP contribution in [0.15, 0.2) is 12.7 Å². The maximum absolute atomic E-state index is 6.76. The van der Waals surface area contributed by atoms with Crippen molar-refractivity contribution in [2.75, 3.05) is 0 Å². The van der Waals surface area contributed by atoms with Crippen molar-refractivity contribution in [3.05, 3.63) is 12.7 Å². The second kappa shape index (κ2) is 5.36. The van der Waals surface area contributed by atoms with Crippen molar-refractivity contribution in [2.24, 2.45) is 22.7 Å². The zero-order chi connectivity index (χ0) is 19.2. The Kier molecular flexibility index (Phi) is 3.91. The minimum Gasteiger partial charge on any atom is -0.365 e. The fourth-order valence-corrected chi connectivity index (χ4v) is 7.54. The van der Waals surface area contributed by atoms with Gasteiger partial charge in [0.2, 0.25) is 0 Å². The van der Waals surface area contributed by atoms with Crippen molar-refractivity contribution in [1.82, 2.24) is 0 Å². The van der Waals surface area contributed by atoms with Gasteiger partial charge in [0.25, 0.3) is 0 Å². The van der Waals surface area contributed by atoms with Crippen LogP contribution in [-0.4, -0.2) is 29.2 Å². The molecule has 3 heteroatoms. The molecule has 0 aromatic carbocycles. The van der Waals surface area contributed by atoms with Gasteiger partial charge in [-0.1, -0.05) is 26.8 Å². The van der Waals surface area contributed by atoms with Crippen molar-refractivity contribution < 1.29 is 14.2 Å². The molecule has 3 nitrogen and oxygen atoms in total. The number of fused-ring (bicyclic) bond motifs is 4. The summed E-state index contributed by atoms with van der Waals surface area (Å²) in [6.45, 7) is 20.1. The second-order valence-electron chi connectivity index (χ2n) is 11.2. The summed E-state index contributed by atoms with van der Waals surface area (Å²) in [6, 6.07) is 0. The Balaban J connectivity index is 1.71. The second-order valence-corrected chi connectivity index (χ2v) is 11.2. The molecule has 0 aromatic rings. The highest BCUT2D eigenvalue weighted by molar-refractivity contribution is 5.16. The van der Waals surface area contributed by atoms with Crippen LogP contribution in [0.2, 0.25) is 0 Å². The molecule has 148 valence electrons. The predicted molar refractivity (Wildman–Crippen MR) is 104 cm³/mol. The molecule has 1 unspecified atom stereocenters. The standard InChI is InChI=1S/C23H38O3/c1-9-21(6)12-10-17-22(7)14-15-18(25-20(4,5)24-15)19(2,3)16(22)11-13-23(17,8)26-21/h9,15-18H,1,10-14H2,2-8H3/t15-,16?,17+,18-,21-,22-,23+/m0/s1. The molecule has 2 saturated carbocycles. The third-order valence-corrected chi connectivity index (χ3v) is 8.54. The Hall–Kier alpha value is -0.380. The van der Waals surface area contributed by atoms with Gasteiger partial charge in [-0.3, -0.25) is 0 Å². The topological polar surface area (TPSA) is 27.7 Å². The predicted octanol–water partition coefficient (Wildman–Crippen LogP) is 5.48. The van der Waals surface area contributed by atoms with Gasteiger partial charge < -0.3 is 14.2 Å². The minimum absolute atomic E-state index is 0.0651. The number of ether oxygens (including phenoxy) is 3. The molecule has 4 rings (SSSR count). The minimum atomic E-state index is -0.468. The third kappa shape index (κ3) is 2.49. The fourth-order valence-electron chi connectivity index (χ4n) is 7.54. The summed E-state index contributed by atoms with van der Waals surface area (Å²) >= 11 is 0. The molecule has 2 aliphatic carbocycles. The lowest BCUT2D eigenvalue weighted by Crippen LogP contribution is -2.66. The quantitative estimate of drug-likeness (QED) is 0.578. The molecule has 0 N–H and O–H groups in total. The van der Waals surface area contributed by atoms with E-state index in [9.17, 15) is 0 Å². The first-order chi connectivity index (χ1) is 11.9. The van der Waals surface area contributed by atoms with Crippen LogP contribution in [0.25, 0.3) is 0 Å². The smallest absolute Gasteiger partial charge is 0.163 e. The molecule has 2 aliphatic heterocycles. The van der Waals surface area contributed by atoms with E-state index in [2.05, 4.69) is 55.0 Å². The molecule has 0 spiro atoms. The molecule has 2 heterocycles. The highest BCUT2D eigenvalue weighted by Crippen LogP contribution is 2.67. The van der Waals surface area contributed by atoms with Gasteiger partial charge >= 0.3 is 0 Å². The Morgan fingerprint density at radius 3 is 2.19 bits per heavy atom. The molecule has 0 bridgehead atoms. The monoisotopic (exact) mass is 362 g/mol. The number of hydrogen-bond donors (Lipinski definition) is 0. The van der Waals surface area contributed by atoms with Gasteiger partial charge in [0, 0.05) is 0 Å². The summed E-state index contributed by atoms with van der Waals surface area (Å²) in [4.78, 5) is 0. The molecule has 7 atom stereocenters. The molecule has 0 radical (unpaired) electrons. The van der Waals surface area contributed by atoms with Gasteiger partial charge in [0.1, 0.15) is 0 Å². The first kappa shape index (κ1) is 19.0. The SMILES string of the molecule is C=C[C@@]1(C)CC[C@H]2[C@@](C)(CCC3C(C)(C)[C@H]4OC(C)(C)O[C@H]4C[C@@]32C)O1. The van der Waals surface area contributed by atoms with Gasteiger partial charge in [-0.2, -0.15) is 0 Å². The highest BCUT2D eigenvalue weighted by Gasteiger charge is 2.67. The van der Waals surface area contributed by atoms with Crippen molar-refractivity contribution >= 4 is 0 Å².